The highest BCUT2D eigenvalue weighted by Gasteiger charge is 2.10. The van der Waals surface area contributed by atoms with Gasteiger partial charge in [0.25, 0.3) is 5.88 Å². The van der Waals surface area contributed by atoms with E-state index < -0.39 is 0 Å². The molecular formula is C12H14N4O. The number of hydrazone groups is 1. The number of anilines is 1. The standard InChI is InChI=1S/C12H14N4O/c1-9-15-11(7-13)12(17-9)16-14-8-10-5-3-2-4-6-10/h2-3,8,10,16H,4-6H2,1H3. The molecule has 5 nitrogen and oxygen atoms in total. The molecule has 5 heteroatoms. The second-order valence-corrected chi connectivity index (χ2v) is 3.96. The quantitative estimate of drug-likeness (QED) is 0.492. The van der Waals surface area contributed by atoms with Crippen molar-refractivity contribution in [2.24, 2.45) is 11.0 Å². The minimum atomic E-state index is 0.239. The number of hydrogen-bond donors (Lipinski definition) is 1. The van der Waals surface area contributed by atoms with Crippen molar-refractivity contribution >= 4 is 12.1 Å². The number of nitrogens with zero attached hydrogens (tertiary/aromatic N) is 3. The summed E-state index contributed by atoms with van der Waals surface area (Å²) in [5, 5.41) is 12.9. The average Bonchev–Trinajstić information content (AvgIpc) is 2.71. The summed E-state index contributed by atoms with van der Waals surface area (Å²) in [5.41, 5.74) is 2.97. The Balaban J connectivity index is 1.95. The molecule has 1 heterocycles. The lowest BCUT2D eigenvalue weighted by Crippen LogP contribution is -2.05. The summed E-state index contributed by atoms with van der Waals surface area (Å²) in [5.74, 6) is 1.23. The first-order chi connectivity index (χ1) is 8.29. The predicted molar refractivity (Wildman–Crippen MR) is 64.6 cm³/mol. The number of rotatable bonds is 3. The smallest absolute Gasteiger partial charge is 0.252 e. The SMILES string of the molecule is Cc1nc(C#N)c(NN=CC2CC=CCC2)o1. The van der Waals surface area contributed by atoms with Gasteiger partial charge in [-0.3, -0.25) is 0 Å². The molecule has 0 fully saturated rings. The van der Waals surface area contributed by atoms with Crippen molar-refractivity contribution < 1.29 is 4.42 Å². The molecule has 1 aromatic heterocycles. The van der Waals surface area contributed by atoms with Gasteiger partial charge in [-0.1, -0.05) is 12.2 Å². The highest BCUT2D eigenvalue weighted by atomic mass is 16.4. The van der Waals surface area contributed by atoms with E-state index in [1.807, 2.05) is 12.3 Å². The topological polar surface area (TPSA) is 74.2 Å². The second kappa shape index (κ2) is 5.30. The Morgan fingerprint density at radius 2 is 2.53 bits per heavy atom. The van der Waals surface area contributed by atoms with E-state index in [-0.39, 0.29) is 5.69 Å². The molecule has 1 N–H and O–H groups in total. The minimum Gasteiger partial charge on any atom is -0.422 e. The van der Waals surface area contributed by atoms with Crippen LogP contribution >= 0.6 is 0 Å². The van der Waals surface area contributed by atoms with E-state index in [9.17, 15) is 0 Å². The fourth-order valence-electron chi connectivity index (χ4n) is 1.73. The van der Waals surface area contributed by atoms with Crippen molar-refractivity contribution in [3.63, 3.8) is 0 Å². The Hall–Kier alpha value is -2.09. The van der Waals surface area contributed by atoms with E-state index in [1.165, 1.54) is 0 Å². The molecule has 1 aliphatic carbocycles. The van der Waals surface area contributed by atoms with Crippen LogP contribution in [0.25, 0.3) is 0 Å². The molecule has 0 aromatic carbocycles. The first kappa shape index (κ1) is 11.4. The number of allylic oxidation sites excluding steroid dienone is 2. The molecule has 88 valence electrons. The first-order valence-electron chi connectivity index (χ1n) is 5.61. The zero-order valence-corrected chi connectivity index (χ0v) is 9.68. The van der Waals surface area contributed by atoms with Gasteiger partial charge in [0.2, 0.25) is 5.69 Å². The predicted octanol–water partition coefficient (Wildman–Crippen LogP) is 2.61. The Labute approximate surface area is 99.8 Å². The zero-order chi connectivity index (χ0) is 12.1. The Kier molecular flexibility index (Phi) is 3.55. The van der Waals surface area contributed by atoms with Crippen LogP contribution in [-0.4, -0.2) is 11.2 Å². The lowest BCUT2D eigenvalue weighted by atomic mass is 9.96. The second-order valence-electron chi connectivity index (χ2n) is 3.96. The van der Waals surface area contributed by atoms with Gasteiger partial charge < -0.3 is 4.42 Å². The third-order valence-electron chi connectivity index (χ3n) is 2.60. The monoisotopic (exact) mass is 230 g/mol. The Bertz CT molecular complexity index is 481. The lowest BCUT2D eigenvalue weighted by molar-refractivity contribution is 0.533. The van der Waals surface area contributed by atoms with Crippen molar-refractivity contribution in [1.29, 1.82) is 5.26 Å². The molecule has 0 aliphatic heterocycles. The number of nitrogens with one attached hydrogen (secondary N) is 1. The molecule has 0 saturated carbocycles. The van der Waals surface area contributed by atoms with Crippen molar-refractivity contribution in [3.05, 3.63) is 23.7 Å². The van der Waals surface area contributed by atoms with Gasteiger partial charge in [0, 0.05) is 13.1 Å². The van der Waals surface area contributed by atoms with E-state index in [0.717, 1.165) is 19.3 Å². The molecule has 0 spiro atoms. The molecule has 0 bridgehead atoms. The molecule has 1 atom stereocenters. The van der Waals surface area contributed by atoms with E-state index in [4.69, 9.17) is 9.68 Å². The summed E-state index contributed by atoms with van der Waals surface area (Å²) < 4.78 is 5.22. The van der Waals surface area contributed by atoms with Gasteiger partial charge in [-0.2, -0.15) is 10.4 Å². The molecular weight excluding hydrogens is 216 g/mol. The van der Waals surface area contributed by atoms with Crippen LogP contribution in [-0.2, 0) is 0 Å². The van der Waals surface area contributed by atoms with E-state index in [0.29, 0.717) is 17.7 Å². The number of aromatic nitrogens is 1. The van der Waals surface area contributed by atoms with E-state index in [2.05, 4.69) is 27.7 Å². The maximum atomic E-state index is 8.81. The molecule has 2 rings (SSSR count). The van der Waals surface area contributed by atoms with Crippen LogP contribution in [0.4, 0.5) is 5.88 Å². The van der Waals surface area contributed by atoms with Gasteiger partial charge in [0.1, 0.15) is 6.07 Å². The van der Waals surface area contributed by atoms with Gasteiger partial charge in [0.05, 0.1) is 0 Å². The molecule has 1 aliphatic rings. The molecule has 1 aromatic rings. The maximum Gasteiger partial charge on any atom is 0.252 e. The van der Waals surface area contributed by atoms with Crippen LogP contribution in [0.15, 0.2) is 21.7 Å². The highest BCUT2D eigenvalue weighted by Crippen LogP contribution is 2.17. The van der Waals surface area contributed by atoms with Crippen molar-refractivity contribution in [2.45, 2.75) is 26.2 Å². The number of oxazole rings is 1. The van der Waals surface area contributed by atoms with E-state index >= 15 is 0 Å². The summed E-state index contributed by atoms with van der Waals surface area (Å²) in [7, 11) is 0. The summed E-state index contributed by atoms with van der Waals surface area (Å²) in [6.45, 7) is 1.70. The maximum absolute atomic E-state index is 8.81. The van der Waals surface area contributed by atoms with Crippen LogP contribution in [0.3, 0.4) is 0 Å². The van der Waals surface area contributed by atoms with E-state index in [1.54, 1.807) is 6.92 Å². The average molecular weight is 230 g/mol. The van der Waals surface area contributed by atoms with Crippen LogP contribution in [0.2, 0.25) is 0 Å². The lowest BCUT2D eigenvalue weighted by Gasteiger charge is -2.11. The van der Waals surface area contributed by atoms with Gasteiger partial charge >= 0.3 is 0 Å². The van der Waals surface area contributed by atoms with Gasteiger partial charge in [0.15, 0.2) is 5.89 Å². The van der Waals surface area contributed by atoms with Gasteiger partial charge in [-0.25, -0.2) is 10.4 Å². The molecule has 0 saturated heterocycles. The number of hydrogen-bond acceptors (Lipinski definition) is 5. The fourth-order valence-corrected chi connectivity index (χ4v) is 1.73. The number of aryl methyl sites for hydroxylation is 1. The fraction of sp³-hybridized carbons (Fsp3) is 0.417. The summed E-state index contributed by atoms with van der Waals surface area (Å²) in [6, 6.07) is 1.95. The van der Waals surface area contributed by atoms with Crippen LogP contribution < -0.4 is 5.43 Å². The van der Waals surface area contributed by atoms with Crippen molar-refractivity contribution in [1.82, 2.24) is 4.98 Å². The normalized spacial score (nSPS) is 19.4. The van der Waals surface area contributed by atoms with Crippen LogP contribution in [0.5, 0.6) is 0 Å². The molecule has 1 unspecified atom stereocenters. The van der Waals surface area contributed by atoms with Gasteiger partial charge in [-0.05, 0) is 25.2 Å². The molecule has 17 heavy (non-hydrogen) atoms. The minimum absolute atomic E-state index is 0.239. The Morgan fingerprint density at radius 3 is 3.24 bits per heavy atom. The van der Waals surface area contributed by atoms with Crippen LogP contribution in [0.1, 0.15) is 30.8 Å². The largest absolute Gasteiger partial charge is 0.422 e. The van der Waals surface area contributed by atoms with Gasteiger partial charge in [-0.15, -0.1) is 0 Å². The first-order valence-corrected chi connectivity index (χ1v) is 5.61. The third-order valence-corrected chi connectivity index (χ3v) is 2.60. The highest BCUT2D eigenvalue weighted by molar-refractivity contribution is 5.63. The van der Waals surface area contributed by atoms with Crippen molar-refractivity contribution in [3.8, 4) is 6.07 Å². The zero-order valence-electron chi connectivity index (χ0n) is 9.68. The third kappa shape index (κ3) is 2.94. The summed E-state index contributed by atoms with van der Waals surface area (Å²) >= 11 is 0. The van der Waals surface area contributed by atoms with Crippen molar-refractivity contribution in [2.75, 3.05) is 5.43 Å². The summed E-state index contributed by atoms with van der Waals surface area (Å²) in [4.78, 5) is 3.92. The number of nitriles is 1. The van der Waals surface area contributed by atoms with Crippen LogP contribution in [0, 0.1) is 24.2 Å². The molecule has 0 radical (unpaired) electrons. The molecule has 0 amide bonds. The summed E-state index contributed by atoms with van der Waals surface area (Å²) in [6.07, 6.45) is 9.45. The Morgan fingerprint density at radius 1 is 1.65 bits per heavy atom.